The third-order valence-corrected chi connectivity index (χ3v) is 2.89. The molecule has 94 valence electrons. The van der Waals surface area contributed by atoms with Crippen LogP contribution in [0, 0.1) is 0 Å². The minimum absolute atomic E-state index is 0.0114. The predicted molar refractivity (Wildman–Crippen MR) is 66.7 cm³/mol. The monoisotopic (exact) mass is 236 g/mol. The standard InChI is InChI=1S/C13H20N2O2/c1-3-12(4-2)15(8-9-16)13(17)11-6-5-7-14-10-11/h5-7,10,12,16H,3-4,8-9H2,1-2H3. The first-order valence-electron chi connectivity index (χ1n) is 6.06. The van der Waals surface area contributed by atoms with E-state index in [1.807, 2.05) is 0 Å². The van der Waals surface area contributed by atoms with Crippen molar-refractivity contribution in [2.24, 2.45) is 0 Å². The normalized spacial score (nSPS) is 10.6. The Kier molecular flexibility index (Phi) is 5.63. The van der Waals surface area contributed by atoms with Crippen LogP contribution < -0.4 is 0 Å². The van der Waals surface area contributed by atoms with E-state index in [-0.39, 0.29) is 18.6 Å². The molecule has 0 radical (unpaired) electrons. The molecule has 0 bridgehead atoms. The molecule has 1 aromatic heterocycles. The first kappa shape index (κ1) is 13.6. The molecule has 0 aliphatic heterocycles. The molecule has 0 aliphatic carbocycles. The lowest BCUT2D eigenvalue weighted by molar-refractivity contribution is 0.0622. The largest absolute Gasteiger partial charge is 0.395 e. The number of amides is 1. The maximum absolute atomic E-state index is 12.3. The third kappa shape index (κ3) is 3.53. The van der Waals surface area contributed by atoms with Crippen molar-refractivity contribution in [2.75, 3.05) is 13.2 Å². The van der Waals surface area contributed by atoms with Gasteiger partial charge in [-0.3, -0.25) is 9.78 Å². The summed E-state index contributed by atoms with van der Waals surface area (Å²) in [7, 11) is 0. The Hall–Kier alpha value is -1.42. The van der Waals surface area contributed by atoms with Gasteiger partial charge in [0.05, 0.1) is 12.2 Å². The maximum atomic E-state index is 12.3. The van der Waals surface area contributed by atoms with Crippen LogP contribution in [-0.2, 0) is 0 Å². The van der Waals surface area contributed by atoms with Crippen LogP contribution in [0.15, 0.2) is 24.5 Å². The summed E-state index contributed by atoms with van der Waals surface area (Å²) in [6, 6.07) is 3.68. The number of hydrogen-bond acceptors (Lipinski definition) is 3. The molecule has 0 saturated heterocycles. The van der Waals surface area contributed by atoms with Crippen LogP contribution in [0.1, 0.15) is 37.0 Å². The van der Waals surface area contributed by atoms with E-state index in [0.717, 1.165) is 12.8 Å². The highest BCUT2D eigenvalue weighted by Gasteiger charge is 2.21. The van der Waals surface area contributed by atoms with Gasteiger partial charge in [-0.2, -0.15) is 0 Å². The number of carbonyl (C=O) groups is 1. The fourth-order valence-corrected chi connectivity index (χ4v) is 1.94. The second kappa shape index (κ2) is 7.01. The molecular formula is C13H20N2O2. The quantitative estimate of drug-likeness (QED) is 0.818. The molecule has 0 unspecified atom stereocenters. The number of pyridine rings is 1. The van der Waals surface area contributed by atoms with E-state index in [1.54, 1.807) is 29.4 Å². The van der Waals surface area contributed by atoms with Gasteiger partial charge in [-0.05, 0) is 25.0 Å². The van der Waals surface area contributed by atoms with Crippen LogP contribution >= 0.6 is 0 Å². The zero-order valence-corrected chi connectivity index (χ0v) is 10.5. The molecule has 0 aromatic carbocycles. The number of rotatable bonds is 6. The van der Waals surface area contributed by atoms with Gasteiger partial charge in [-0.1, -0.05) is 13.8 Å². The van der Waals surface area contributed by atoms with Crippen molar-refractivity contribution in [3.8, 4) is 0 Å². The summed E-state index contributed by atoms with van der Waals surface area (Å²) in [6.07, 6.45) is 4.99. The maximum Gasteiger partial charge on any atom is 0.255 e. The first-order chi connectivity index (χ1) is 8.24. The van der Waals surface area contributed by atoms with Crippen molar-refractivity contribution in [3.05, 3.63) is 30.1 Å². The summed E-state index contributed by atoms with van der Waals surface area (Å²) in [6.45, 7) is 4.46. The first-order valence-corrected chi connectivity index (χ1v) is 6.06. The van der Waals surface area contributed by atoms with Gasteiger partial charge in [-0.25, -0.2) is 0 Å². The van der Waals surface area contributed by atoms with Crippen LogP contribution in [0.2, 0.25) is 0 Å². The average molecular weight is 236 g/mol. The lowest BCUT2D eigenvalue weighted by atomic mass is 10.1. The van der Waals surface area contributed by atoms with Gasteiger partial charge in [0.2, 0.25) is 0 Å². The van der Waals surface area contributed by atoms with Gasteiger partial charge in [0.25, 0.3) is 5.91 Å². The molecule has 1 N–H and O–H groups in total. The Morgan fingerprint density at radius 1 is 1.47 bits per heavy atom. The van der Waals surface area contributed by atoms with E-state index in [0.29, 0.717) is 12.1 Å². The van der Waals surface area contributed by atoms with Crippen LogP contribution in [0.5, 0.6) is 0 Å². The Labute approximate surface area is 102 Å². The van der Waals surface area contributed by atoms with Gasteiger partial charge in [-0.15, -0.1) is 0 Å². The van der Waals surface area contributed by atoms with Gasteiger partial charge in [0, 0.05) is 25.0 Å². The Balaban J connectivity index is 2.87. The lowest BCUT2D eigenvalue weighted by Gasteiger charge is -2.30. The molecule has 4 heteroatoms. The molecule has 0 spiro atoms. The molecule has 17 heavy (non-hydrogen) atoms. The third-order valence-electron chi connectivity index (χ3n) is 2.89. The summed E-state index contributed by atoms with van der Waals surface area (Å²) >= 11 is 0. The minimum atomic E-state index is -0.0548. The number of nitrogens with zero attached hydrogens (tertiary/aromatic N) is 2. The van der Waals surface area contributed by atoms with Crippen molar-refractivity contribution in [1.29, 1.82) is 0 Å². The summed E-state index contributed by atoms with van der Waals surface area (Å²) in [5, 5.41) is 9.06. The molecular weight excluding hydrogens is 216 g/mol. The zero-order chi connectivity index (χ0) is 12.7. The molecule has 1 amide bonds. The predicted octanol–water partition coefficient (Wildman–Crippen LogP) is 1.70. The second-order valence-corrected chi connectivity index (χ2v) is 3.93. The summed E-state index contributed by atoms with van der Waals surface area (Å²) < 4.78 is 0. The van der Waals surface area contributed by atoms with Crippen molar-refractivity contribution >= 4 is 5.91 Å². The fourth-order valence-electron chi connectivity index (χ4n) is 1.94. The number of aliphatic hydroxyl groups excluding tert-OH is 1. The summed E-state index contributed by atoms with van der Waals surface area (Å²) in [5.74, 6) is -0.0548. The average Bonchev–Trinajstić information content (AvgIpc) is 2.39. The van der Waals surface area contributed by atoms with Crippen LogP contribution in [0.25, 0.3) is 0 Å². The number of aliphatic hydroxyl groups is 1. The molecule has 1 rings (SSSR count). The molecule has 0 saturated carbocycles. The SMILES string of the molecule is CCC(CC)N(CCO)C(=O)c1cccnc1. The Morgan fingerprint density at radius 3 is 2.65 bits per heavy atom. The van der Waals surface area contributed by atoms with Gasteiger partial charge < -0.3 is 10.0 Å². The van der Waals surface area contributed by atoms with Crippen LogP contribution in [0.4, 0.5) is 0 Å². The molecule has 4 nitrogen and oxygen atoms in total. The zero-order valence-electron chi connectivity index (χ0n) is 10.5. The van der Waals surface area contributed by atoms with E-state index >= 15 is 0 Å². The van der Waals surface area contributed by atoms with Crippen molar-refractivity contribution in [2.45, 2.75) is 32.7 Å². The molecule has 0 fully saturated rings. The summed E-state index contributed by atoms with van der Waals surface area (Å²) in [4.78, 5) is 18.0. The van der Waals surface area contributed by atoms with E-state index in [4.69, 9.17) is 5.11 Å². The van der Waals surface area contributed by atoms with Crippen molar-refractivity contribution in [3.63, 3.8) is 0 Å². The Morgan fingerprint density at radius 2 is 2.18 bits per heavy atom. The van der Waals surface area contributed by atoms with E-state index < -0.39 is 0 Å². The van der Waals surface area contributed by atoms with Crippen LogP contribution in [0.3, 0.4) is 0 Å². The van der Waals surface area contributed by atoms with E-state index in [1.165, 1.54) is 0 Å². The highest BCUT2D eigenvalue weighted by Crippen LogP contribution is 2.12. The molecule has 1 aromatic rings. The van der Waals surface area contributed by atoms with Crippen molar-refractivity contribution in [1.82, 2.24) is 9.88 Å². The van der Waals surface area contributed by atoms with Crippen LogP contribution in [-0.4, -0.2) is 40.1 Å². The molecule has 0 atom stereocenters. The van der Waals surface area contributed by atoms with E-state index in [2.05, 4.69) is 18.8 Å². The molecule has 0 aliphatic rings. The summed E-state index contributed by atoms with van der Waals surface area (Å²) in [5.41, 5.74) is 0.577. The highest BCUT2D eigenvalue weighted by atomic mass is 16.3. The minimum Gasteiger partial charge on any atom is -0.395 e. The number of carbonyl (C=O) groups excluding carboxylic acids is 1. The smallest absolute Gasteiger partial charge is 0.255 e. The van der Waals surface area contributed by atoms with Crippen molar-refractivity contribution < 1.29 is 9.90 Å². The Bertz CT molecular complexity index is 337. The van der Waals surface area contributed by atoms with Gasteiger partial charge >= 0.3 is 0 Å². The highest BCUT2D eigenvalue weighted by molar-refractivity contribution is 5.94. The topological polar surface area (TPSA) is 53.4 Å². The van der Waals surface area contributed by atoms with Gasteiger partial charge in [0.15, 0.2) is 0 Å². The lowest BCUT2D eigenvalue weighted by Crippen LogP contribution is -2.41. The number of hydrogen-bond donors (Lipinski definition) is 1. The van der Waals surface area contributed by atoms with E-state index in [9.17, 15) is 4.79 Å². The molecule has 1 heterocycles. The second-order valence-electron chi connectivity index (χ2n) is 3.93. The fraction of sp³-hybridized carbons (Fsp3) is 0.538. The van der Waals surface area contributed by atoms with Gasteiger partial charge in [0.1, 0.15) is 0 Å². The number of aromatic nitrogens is 1.